The number of hydrogen-bond donors (Lipinski definition) is 0. The zero-order valence-corrected chi connectivity index (χ0v) is 11.7. The van der Waals surface area contributed by atoms with Crippen LogP contribution in [-0.4, -0.2) is 15.2 Å². The second-order valence-electron chi connectivity index (χ2n) is 5.83. The molecular weight excluding hydrogens is 232 g/mol. The van der Waals surface area contributed by atoms with E-state index in [9.17, 15) is 0 Å². The molecule has 0 aliphatic heterocycles. The van der Waals surface area contributed by atoms with E-state index in [1.165, 1.54) is 17.7 Å². The van der Waals surface area contributed by atoms with Gasteiger partial charge in [-0.2, -0.15) is 5.10 Å². The standard InChI is InChI=1S/C14H21ClN2/c1-14(2)9-11(8-12(15)10-14)4-5-13-6-7-16-17(13)3/h6-8,12H,4-5,9-10H2,1-3H3. The molecule has 2 rings (SSSR count). The van der Waals surface area contributed by atoms with Crippen LogP contribution in [0.5, 0.6) is 0 Å². The van der Waals surface area contributed by atoms with Crippen LogP contribution < -0.4 is 0 Å². The van der Waals surface area contributed by atoms with Gasteiger partial charge in [0.25, 0.3) is 0 Å². The molecule has 0 radical (unpaired) electrons. The summed E-state index contributed by atoms with van der Waals surface area (Å²) < 4.78 is 1.95. The van der Waals surface area contributed by atoms with Gasteiger partial charge in [0.15, 0.2) is 0 Å². The summed E-state index contributed by atoms with van der Waals surface area (Å²) in [4.78, 5) is 0. The molecule has 94 valence electrons. The van der Waals surface area contributed by atoms with E-state index in [0.717, 1.165) is 19.3 Å². The number of aryl methyl sites for hydroxylation is 2. The van der Waals surface area contributed by atoms with Crippen LogP contribution in [0.4, 0.5) is 0 Å². The Morgan fingerprint density at radius 2 is 2.24 bits per heavy atom. The van der Waals surface area contributed by atoms with Crippen molar-refractivity contribution in [1.82, 2.24) is 9.78 Å². The van der Waals surface area contributed by atoms with Crippen molar-refractivity contribution >= 4 is 11.6 Å². The smallest absolute Gasteiger partial charge is 0.0523 e. The third-order valence-electron chi connectivity index (χ3n) is 3.49. The topological polar surface area (TPSA) is 17.8 Å². The van der Waals surface area contributed by atoms with Crippen molar-refractivity contribution in [2.24, 2.45) is 12.5 Å². The molecule has 1 aromatic heterocycles. The maximum absolute atomic E-state index is 6.29. The van der Waals surface area contributed by atoms with E-state index in [1.807, 2.05) is 17.9 Å². The van der Waals surface area contributed by atoms with Crippen LogP contribution in [0, 0.1) is 5.41 Å². The Kier molecular flexibility index (Phi) is 3.62. The highest BCUT2D eigenvalue weighted by Crippen LogP contribution is 2.38. The fourth-order valence-corrected chi connectivity index (χ4v) is 3.29. The van der Waals surface area contributed by atoms with Gasteiger partial charge in [-0.25, -0.2) is 0 Å². The average Bonchev–Trinajstić information content (AvgIpc) is 2.58. The first-order valence-corrected chi connectivity index (χ1v) is 6.70. The maximum atomic E-state index is 6.29. The molecule has 1 heterocycles. The third kappa shape index (κ3) is 3.35. The number of halogens is 1. The second kappa shape index (κ2) is 4.85. The molecule has 0 saturated carbocycles. The van der Waals surface area contributed by atoms with Crippen molar-refractivity contribution in [1.29, 1.82) is 0 Å². The highest BCUT2D eigenvalue weighted by atomic mass is 35.5. The second-order valence-corrected chi connectivity index (χ2v) is 6.39. The molecule has 0 N–H and O–H groups in total. The van der Waals surface area contributed by atoms with E-state index >= 15 is 0 Å². The van der Waals surface area contributed by atoms with Crippen LogP contribution in [0.25, 0.3) is 0 Å². The molecule has 0 spiro atoms. The lowest BCUT2D eigenvalue weighted by molar-refractivity contribution is 0.318. The minimum Gasteiger partial charge on any atom is -0.273 e. The van der Waals surface area contributed by atoms with Gasteiger partial charge in [-0.3, -0.25) is 4.68 Å². The van der Waals surface area contributed by atoms with Gasteiger partial charge >= 0.3 is 0 Å². The number of nitrogens with zero attached hydrogens (tertiary/aromatic N) is 2. The predicted octanol–water partition coefficient (Wildman–Crippen LogP) is 3.71. The van der Waals surface area contributed by atoms with Crippen LogP contribution in [-0.2, 0) is 13.5 Å². The number of rotatable bonds is 3. The van der Waals surface area contributed by atoms with Crippen LogP contribution in [0.1, 0.15) is 38.8 Å². The predicted molar refractivity (Wildman–Crippen MR) is 72.3 cm³/mol. The zero-order chi connectivity index (χ0) is 12.5. The van der Waals surface area contributed by atoms with E-state index in [1.54, 1.807) is 0 Å². The molecule has 1 aliphatic rings. The lowest BCUT2D eigenvalue weighted by Crippen LogP contribution is -2.22. The molecule has 2 nitrogen and oxygen atoms in total. The van der Waals surface area contributed by atoms with E-state index in [4.69, 9.17) is 11.6 Å². The maximum Gasteiger partial charge on any atom is 0.0523 e. The minimum atomic E-state index is 0.209. The lowest BCUT2D eigenvalue weighted by Gasteiger charge is -2.32. The summed E-state index contributed by atoms with van der Waals surface area (Å²) in [5, 5.41) is 4.40. The lowest BCUT2D eigenvalue weighted by atomic mass is 9.76. The van der Waals surface area contributed by atoms with Crippen molar-refractivity contribution in [2.75, 3.05) is 0 Å². The van der Waals surface area contributed by atoms with Gasteiger partial charge in [-0.15, -0.1) is 11.6 Å². The molecule has 3 heteroatoms. The van der Waals surface area contributed by atoms with Crippen molar-refractivity contribution in [2.45, 2.75) is 44.9 Å². The molecule has 0 saturated heterocycles. The summed E-state index contributed by atoms with van der Waals surface area (Å²) in [6.07, 6.45) is 8.54. The molecule has 17 heavy (non-hydrogen) atoms. The molecule has 0 amide bonds. The summed E-state index contributed by atoms with van der Waals surface area (Å²) in [5.41, 5.74) is 3.14. The van der Waals surface area contributed by atoms with Crippen LogP contribution in [0.2, 0.25) is 0 Å². The number of hydrogen-bond acceptors (Lipinski definition) is 1. The molecule has 1 atom stereocenters. The highest BCUT2D eigenvalue weighted by molar-refractivity contribution is 6.21. The number of aromatic nitrogens is 2. The van der Waals surface area contributed by atoms with E-state index in [0.29, 0.717) is 5.41 Å². The van der Waals surface area contributed by atoms with Crippen LogP contribution in [0.15, 0.2) is 23.9 Å². The molecule has 0 bridgehead atoms. The molecule has 1 aliphatic carbocycles. The quantitative estimate of drug-likeness (QED) is 0.592. The summed E-state index contributed by atoms with van der Waals surface area (Å²) in [7, 11) is 2.00. The van der Waals surface area contributed by atoms with Gasteiger partial charge in [-0.1, -0.05) is 25.5 Å². The SMILES string of the molecule is Cn1nccc1CCC1=CC(Cl)CC(C)(C)C1. The van der Waals surface area contributed by atoms with E-state index in [2.05, 4.69) is 31.1 Å². The fourth-order valence-electron chi connectivity index (χ4n) is 2.70. The first-order chi connectivity index (χ1) is 7.96. The number of allylic oxidation sites excluding steroid dienone is 2. The Morgan fingerprint density at radius 3 is 2.82 bits per heavy atom. The van der Waals surface area contributed by atoms with Gasteiger partial charge in [0.05, 0.1) is 5.38 Å². The largest absolute Gasteiger partial charge is 0.273 e. The Morgan fingerprint density at radius 1 is 1.47 bits per heavy atom. The zero-order valence-electron chi connectivity index (χ0n) is 10.9. The fraction of sp³-hybridized carbons (Fsp3) is 0.643. The Bertz CT molecular complexity index is 418. The molecule has 0 aromatic carbocycles. The average molecular weight is 253 g/mol. The van der Waals surface area contributed by atoms with Gasteiger partial charge in [0.1, 0.15) is 0 Å². The number of alkyl halides is 1. The molecule has 1 aromatic rings. The molecule has 0 fully saturated rings. The summed E-state index contributed by atoms with van der Waals surface area (Å²) in [5.74, 6) is 0. The van der Waals surface area contributed by atoms with Gasteiger partial charge in [0, 0.05) is 18.9 Å². The van der Waals surface area contributed by atoms with Crippen LogP contribution in [0.3, 0.4) is 0 Å². The van der Waals surface area contributed by atoms with Gasteiger partial charge < -0.3 is 0 Å². The Balaban J connectivity index is 1.98. The van der Waals surface area contributed by atoms with E-state index in [-0.39, 0.29) is 5.38 Å². The van der Waals surface area contributed by atoms with Crippen molar-refractivity contribution in [3.8, 4) is 0 Å². The summed E-state index contributed by atoms with van der Waals surface area (Å²) >= 11 is 6.29. The summed E-state index contributed by atoms with van der Waals surface area (Å²) in [6, 6.07) is 2.09. The minimum absolute atomic E-state index is 0.209. The van der Waals surface area contributed by atoms with Crippen molar-refractivity contribution in [3.05, 3.63) is 29.6 Å². The normalized spacial score (nSPS) is 23.5. The van der Waals surface area contributed by atoms with Crippen molar-refractivity contribution < 1.29 is 0 Å². The summed E-state index contributed by atoms with van der Waals surface area (Å²) in [6.45, 7) is 4.61. The Labute approximate surface area is 109 Å². The first kappa shape index (κ1) is 12.7. The monoisotopic (exact) mass is 252 g/mol. The first-order valence-electron chi connectivity index (χ1n) is 6.27. The van der Waals surface area contributed by atoms with Crippen molar-refractivity contribution in [3.63, 3.8) is 0 Å². The molecular formula is C14H21ClN2. The van der Waals surface area contributed by atoms with Gasteiger partial charge in [-0.05, 0) is 37.2 Å². The van der Waals surface area contributed by atoms with Crippen LogP contribution >= 0.6 is 11.6 Å². The highest BCUT2D eigenvalue weighted by Gasteiger charge is 2.27. The third-order valence-corrected chi connectivity index (χ3v) is 3.77. The molecule has 1 unspecified atom stereocenters. The van der Waals surface area contributed by atoms with Gasteiger partial charge in [0.2, 0.25) is 0 Å². The van der Waals surface area contributed by atoms with E-state index < -0.39 is 0 Å². The Hall–Kier alpha value is -0.760.